The Morgan fingerprint density at radius 2 is 2.00 bits per heavy atom. The Bertz CT molecular complexity index is 1130. The molecule has 3 aromatic rings. The van der Waals surface area contributed by atoms with E-state index in [-0.39, 0.29) is 17.1 Å². The molecule has 1 fully saturated rings. The van der Waals surface area contributed by atoms with E-state index in [0.29, 0.717) is 37.2 Å². The maximum atomic E-state index is 13.1. The number of unbranched alkanes of at least 4 members (excludes halogenated alkanes) is 1. The van der Waals surface area contributed by atoms with Crippen LogP contribution in [0.4, 0.5) is 0 Å². The van der Waals surface area contributed by atoms with E-state index in [9.17, 15) is 9.59 Å². The number of amidine groups is 1. The lowest BCUT2D eigenvalue weighted by Crippen LogP contribution is -2.48. The molecule has 1 aliphatic heterocycles. The minimum atomic E-state index is -0.376. The van der Waals surface area contributed by atoms with Crippen LogP contribution in [0.15, 0.2) is 53.9 Å². The van der Waals surface area contributed by atoms with Gasteiger partial charge in [-0.1, -0.05) is 44.5 Å². The number of hydrogen-bond acceptors (Lipinski definition) is 4. The zero-order valence-electron chi connectivity index (χ0n) is 18.1. The number of fused-ring (bicyclic) bond motifs is 1. The highest BCUT2D eigenvalue weighted by atomic mass is 32.1. The molecule has 4 nitrogen and oxygen atoms in total. The molecule has 1 N–H and O–H groups in total. The second-order valence-corrected chi connectivity index (χ2v) is 9.69. The standard InChI is InChI=1S/C26H28N2O2S/c1-3-4-8-22(29)19-7-5-6-18(13-19)17-28-24(27)15-26(2,16-25(28)30)21-9-10-23-20(14-21)11-12-31-23/h5-7,9-14,27H,3-4,8,15-17H2,1-2H3/t26-/m0/s1. The molecule has 1 amide bonds. The molecule has 160 valence electrons. The van der Waals surface area contributed by atoms with Gasteiger partial charge in [-0.15, -0.1) is 11.3 Å². The maximum absolute atomic E-state index is 13.1. The fraction of sp³-hybridized carbons (Fsp3) is 0.346. The van der Waals surface area contributed by atoms with Crippen LogP contribution >= 0.6 is 11.3 Å². The zero-order valence-corrected chi connectivity index (χ0v) is 18.9. The van der Waals surface area contributed by atoms with Crippen LogP contribution in [-0.4, -0.2) is 22.4 Å². The molecule has 0 aliphatic carbocycles. The van der Waals surface area contributed by atoms with Gasteiger partial charge in [-0.25, -0.2) is 0 Å². The highest BCUT2D eigenvalue weighted by Gasteiger charge is 2.39. The number of amides is 1. The molecule has 0 unspecified atom stereocenters. The van der Waals surface area contributed by atoms with E-state index in [4.69, 9.17) is 5.41 Å². The third-order valence-corrected chi connectivity index (χ3v) is 7.12. The Kier molecular flexibility index (Phi) is 6.05. The van der Waals surface area contributed by atoms with Crippen molar-refractivity contribution in [1.82, 2.24) is 4.90 Å². The molecule has 2 aromatic carbocycles. The number of nitrogens with one attached hydrogen (secondary N) is 1. The first kappa shape index (κ1) is 21.4. The second-order valence-electron chi connectivity index (χ2n) is 8.74. The third kappa shape index (κ3) is 4.47. The minimum absolute atomic E-state index is 0.0353. The first-order valence-electron chi connectivity index (χ1n) is 10.9. The van der Waals surface area contributed by atoms with Crippen molar-refractivity contribution in [2.24, 2.45) is 0 Å². The van der Waals surface area contributed by atoms with Gasteiger partial charge >= 0.3 is 0 Å². The van der Waals surface area contributed by atoms with Crippen molar-refractivity contribution in [3.8, 4) is 0 Å². The molecular weight excluding hydrogens is 404 g/mol. The SMILES string of the molecule is CCCCC(=O)c1cccc(CN2C(=N)C[C@](C)(c3ccc4sccc4c3)CC2=O)c1. The smallest absolute Gasteiger partial charge is 0.229 e. The van der Waals surface area contributed by atoms with Crippen LogP contribution in [0.5, 0.6) is 0 Å². The van der Waals surface area contributed by atoms with Gasteiger partial charge in [0.05, 0.1) is 6.54 Å². The Morgan fingerprint density at radius 1 is 1.16 bits per heavy atom. The number of hydrogen-bond donors (Lipinski definition) is 1. The Labute approximate surface area is 187 Å². The number of likely N-dealkylation sites (tertiary alicyclic amines) is 1. The van der Waals surface area contributed by atoms with Gasteiger partial charge in [0.15, 0.2) is 5.78 Å². The summed E-state index contributed by atoms with van der Waals surface area (Å²) in [4.78, 5) is 27.0. The number of nitrogens with zero attached hydrogens (tertiary/aromatic N) is 1. The Hall–Kier alpha value is -2.79. The number of benzene rings is 2. The monoisotopic (exact) mass is 432 g/mol. The van der Waals surface area contributed by atoms with E-state index in [0.717, 1.165) is 24.0 Å². The molecule has 4 rings (SSSR count). The lowest BCUT2D eigenvalue weighted by Gasteiger charge is -2.39. The molecule has 0 radical (unpaired) electrons. The van der Waals surface area contributed by atoms with E-state index >= 15 is 0 Å². The van der Waals surface area contributed by atoms with E-state index < -0.39 is 0 Å². The average Bonchev–Trinajstić information content (AvgIpc) is 3.23. The van der Waals surface area contributed by atoms with Crippen LogP contribution < -0.4 is 0 Å². The molecule has 1 saturated heterocycles. The predicted octanol–water partition coefficient (Wildman–Crippen LogP) is 6.33. The molecule has 0 bridgehead atoms. The molecule has 1 atom stereocenters. The second kappa shape index (κ2) is 8.75. The fourth-order valence-corrected chi connectivity index (χ4v) is 5.12. The summed E-state index contributed by atoms with van der Waals surface area (Å²) in [5.41, 5.74) is 2.32. The van der Waals surface area contributed by atoms with Gasteiger partial charge in [0.1, 0.15) is 5.84 Å². The van der Waals surface area contributed by atoms with Gasteiger partial charge in [0.2, 0.25) is 5.91 Å². The first-order valence-corrected chi connectivity index (χ1v) is 11.8. The van der Waals surface area contributed by atoms with Crippen molar-refractivity contribution in [2.75, 3.05) is 0 Å². The number of thiophene rings is 1. The molecule has 0 saturated carbocycles. The largest absolute Gasteiger partial charge is 0.296 e. The van der Waals surface area contributed by atoms with Crippen LogP contribution in [0.1, 0.15) is 67.4 Å². The zero-order chi connectivity index (χ0) is 22.0. The van der Waals surface area contributed by atoms with Crippen molar-refractivity contribution in [3.63, 3.8) is 0 Å². The van der Waals surface area contributed by atoms with E-state index in [1.165, 1.54) is 10.1 Å². The summed E-state index contributed by atoms with van der Waals surface area (Å²) < 4.78 is 1.24. The number of piperidine rings is 1. The lowest BCUT2D eigenvalue weighted by molar-refractivity contribution is -0.130. The number of rotatable bonds is 7. The van der Waals surface area contributed by atoms with Gasteiger partial charge in [0.25, 0.3) is 0 Å². The van der Waals surface area contributed by atoms with Crippen molar-refractivity contribution in [1.29, 1.82) is 5.41 Å². The summed E-state index contributed by atoms with van der Waals surface area (Å²) in [6, 6.07) is 16.0. The van der Waals surface area contributed by atoms with Crippen molar-refractivity contribution < 1.29 is 9.59 Å². The molecule has 5 heteroatoms. The van der Waals surface area contributed by atoms with Crippen LogP contribution in [0.25, 0.3) is 10.1 Å². The predicted molar refractivity (Wildman–Crippen MR) is 127 cm³/mol. The van der Waals surface area contributed by atoms with Gasteiger partial charge in [-0.2, -0.15) is 0 Å². The van der Waals surface area contributed by atoms with Gasteiger partial charge < -0.3 is 0 Å². The van der Waals surface area contributed by atoms with E-state index in [1.807, 2.05) is 24.3 Å². The normalized spacial score (nSPS) is 19.2. The van der Waals surface area contributed by atoms with Crippen LogP contribution in [-0.2, 0) is 16.8 Å². The average molecular weight is 433 g/mol. The first-order chi connectivity index (χ1) is 14.9. The molecule has 1 aliphatic rings. The highest BCUT2D eigenvalue weighted by Crippen LogP contribution is 2.38. The Morgan fingerprint density at radius 3 is 2.77 bits per heavy atom. The third-order valence-electron chi connectivity index (χ3n) is 6.22. The van der Waals surface area contributed by atoms with E-state index in [1.54, 1.807) is 16.2 Å². The highest BCUT2D eigenvalue weighted by molar-refractivity contribution is 7.17. The lowest BCUT2D eigenvalue weighted by atomic mass is 9.73. The molecular formula is C26H28N2O2S. The van der Waals surface area contributed by atoms with Gasteiger partial charge in [0, 0.05) is 34.9 Å². The molecule has 2 heterocycles. The van der Waals surface area contributed by atoms with Gasteiger partial charge in [-0.3, -0.25) is 19.9 Å². The summed E-state index contributed by atoms with van der Waals surface area (Å²) in [6.45, 7) is 4.49. The summed E-state index contributed by atoms with van der Waals surface area (Å²) in [5, 5.41) is 11.9. The number of carbonyl (C=O) groups excluding carboxylic acids is 2. The van der Waals surface area contributed by atoms with Crippen LogP contribution in [0.2, 0.25) is 0 Å². The van der Waals surface area contributed by atoms with Crippen molar-refractivity contribution in [3.05, 3.63) is 70.6 Å². The number of carbonyl (C=O) groups is 2. The summed E-state index contributed by atoms with van der Waals surface area (Å²) in [5.74, 6) is 0.443. The molecule has 1 aromatic heterocycles. The molecule has 31 heavy (non-hydrogen) atoms. The van der Waals surface area contributed by atoms with Crippen LogP contribution in [0, 0.1) is 5.41 Å². The van der Waals surface area contributed by atoms with E-state index in [2.05, 4.69) is 43.5 Å². The van der Waals surface area contributed by atoms with Crippen molar-refractivity contribution in [2.45, 2.75) is 57.9 Å². The number of ketones is 1. The summed E-state index contributed by atoms with van der Waals surface area (Å²) in [6.07, 6.45) is 3.31. The maximum Gasteiger partial charge on any atom is 0.229 e. The van der Waals surface area contributed by atoms with Crippen molar-refractivity contribution >= 4 is 38.9 Å². The minimum Gasteiger partial charge on any atom is -0.296 e. The summed E-state index contributed by atoms with van der Waals surface area (Å²) in [7, 11) is 0. The summed E-state index contributed by atoms with van der Waals surface area (Å²) >= 11 is 1.71. The Balaban J connectivity index is 1.50. The fourth-order valence-electron chi connectivity index (χ4n) is 4.34. The van der Waals surface area contributed by atoms with Gasteiger partial charge in [-0.05, 0) is 52.6 Å². The number of Topliss-reactive ketones (excluding diaryl/α,β-unsaturated/α-hetero) is 1. The topological polar surface area (TPSA) is 61.2 Å². The quantitative estimate of drug-likeness (QED) is 0.443. The van der Waals surface area contributed by atoms with Crippen LogP contribution in [0.3, 0.4) is 0 Å². The molecule has 0 spiro atoms.